The summed E-state index contributed by atoms with van der Waals surface area (Å²) in [5, 5.41) is 3.36. The zero-order valence-corrected chi connectivity index (χ0v) is 9.96. The van der Waals surface area contributed by atoms with Crippen molar-refractivity contribution in [3.05, 3.63) is 29.3 Å². The molecule has 0 saturated carbocycles. The van der Waals surface area contributed by atoms with Crippen molar-refractivity contribution in [2.24, 2.45) is 16.6 Å². The fourth-order valence-corrected chi connectivity index (χ4v) is 1.88. The van der Waals surface area contributed by atoms with Crippen LogP contribution in [0, 0.1) is 5.92 Å². The molecule has 3 nitrogen and oxygen atoms in total. The summed E-state index contributed by atoms with van der Waals surface area (Å²) >= 11 is 0. The summed E-state index contributed by atoms with van der Waals surface area (Å²) in [5.41, 5.74) is 9.67. The van der Waals surface area contributed by atoms with E-state index < -0.39 is 0 Å². The first-order chi connectivity index (χ1) is 7.68. The fourth-order valence-electron chi connectivity index (χ4n) is 1.88. The second-order valence-corrected chi connectivity index (χ2v) is 4.53. The molecule has 1 aromatic rings. The number of hydrogen-bond acceptors (Lipinski definition) is 2. The molecule has 0 spiro atoms. The average Bonchev–Trinajstić information content (AvgIpc) is 2.29. The van der Waals surface area contributed by atoms with Gasteiger partial charge in [-0.2, -0.15) is 0 Å². The van der Waals surface area contributed by atoms with Crippen LogP contribution in [-0.2, 0) is 13.0 Å². The maximum absolute atomic E-state index is 5.92. The SMILES string of the molecule is CC(C)/C(N)=N/c1cccc2c1CCNC2. The van der Waals surface area contributed by atoms with E-state index >= 15 is 0 Å². The van der Waals surface area contributed by atoms with Crippen LogP contribution in [-0.4, -0.2) is 12.4 Å². The third kappa shape index (κ3) is 2.25. The summed E-state index contributed by atoms with van der Waals surface area (Å²) in [6.45, 7) is 6.10. The van der Waals surface area contributed by atoms with Crippen molar-refractivity contribution in [3.8, 4) is 0 Å². The zero-order valence-electron chi connectivity index (χ0n) is 9.96. The number of hydrogen-bond donors (Lipinski definition) is 2. The molecular formula is C13H19N3. The van der Waals surface area contributed by atoms with Crippen LogP contribution < -0.4 is 11.1 Å². The Morgan fingerprint density at radius 3 is 3.00 bits per heavy atom. The highest BCUT2D eigenvalue weighted by Gasteiger charge is 2.12. The van der Waals surface area contributed by atoms with Crippen LogP contribution in [0.3, 0.4) is 0 Å². The summed E-state index contributed by atoms with van der Waals surface area (Å²) in [6.07, 6.45) is 1.04. The molecule has 0 radical (unpaired) electrons. The number of nitrogens with one attached hydrogen (secondary N) is 1. The molecule has 1 heterocycles. The van der Waals surface area contributed by atoms with Gasteiger partial charge in [0.1, 0.15) is 5.84 Å². The minimum atomic E-state index is 0.303. The number of nitrogens with two attached hydrogens (primary N) is 1. The Bertz CT molecular complexity index is 408. The van der Waals surface area contributed by atoms with E-state index in [1.165, 1.54) is 11.1 Å². The number of amidine groups is 1. The fraction of sp³-hybridized carbons (Fsp3) is 0.462. The van der Waals surface area contributed by atoms with Gasteiger partial charge in [0.05, 0.1) is 5.69 Å². The van der Waals surface area contributed by atoms with E-state index in [0.717, 1.165) is 25.2 Å². The molecule has 0 atom stereocenters. The first kappa shape index (κ1) is 11.1. The van der Waals surface area contributed by atoms with E-state index in [-0.39, 0.29) is 0 Å². The Hall–Kier alpha value is -1.35. The van der Waals surface area contributed by atoms with Gasteiger partial charge in [-0.3, -0.25) is 0 Å². The summed E-state index contributed by atoms with van der Waals surface area (Å²) in [5.74, 6) is 1.02. The first-order valence-electron chi connectivity index (χ1n) is 5.84. The quantitative estimate of drug-likeness (QED) is 0.588. The van der Waals surface area contributed by atoms with Crippen molar-refractivity contribution in [1.82, 2.24) is 5.32 Å². The van der Waals surface area contributed by atoms with Gasteiger partial charge in [-0.1, -0.05) is 26.0 Å². The lowest BCUT2D eigenvalue weighted by Gasteiger charge is -2.19. The Morgan fingerprint density at radius 2 is 2.25 bits per heavy atom. The van der Waals surface area contributed by atoms with E-state index in [4.69, 9.17) is 5.73 Å². The smallest absolute Gasteiger partial charge is 0.102 e. The number of benzene rings is 1. The minimum Gasteiger partial charge on any atom is -0.387 e. The monoisotopic (exact) mass is 217 g/mol. The van der Waals surface area contributed by atoms with Crippen LogP contribution >= 0.6 is 0 Å². The van der Waals surface area contributed by atoms with E-state index in [1.807, 2.05) is 0 Å². The van der Waals surface area contributed by atoms with Crippen LogP contribution in [0.25, 0.3) is 0 Å². The first-order valence-corrected chi connectivity index (χ1v) is 5.84. The molecule has 86 valence electrons. The molecule has 3 heteroatoms. The Labute approximate surface area is 96.8 Å². The summed E-state index contributed by atoms with van der Waals surface area (Å²) in [4.78, 5) is 4.54. The Balaban J connectivity index is 2.38. The largest absolute Gasteiger partial charge is 0.387 e. The molecule has 0 saturated heterocycles. The van der Waals surface area contributed by atoms with Gasteiger partial charge in [0.25, 0.3) is 0 Å². The highest BCUT2D eigenvalue weighted by molar-refractivity contribution is 5.85. The number of nitrogens with zero attached hydrogens (tertiary/aromatic N) is 1. The normalized spacial score (nSPS) is 16.3. The molecule has 0 amide bonds. The third-order valence-electron chi connectivity index (χ3n) is 2.96. The summed E-state index contributed by atoms with van der Waals surface area (Å²) < 4.78 is 0. The van der Waals surface area contributed by atoms with Crippen molar-refractivity contribution >= 4 is 11.5 Å². The van der Waals surface area contributed by atoms with Crippen molar-refractivity contribution in [2.45, 2.75) is 26.8 Å². The molecule has 0 aromatic heterocycles. The topological polar surface area (TPSA) is 50.4 Å². The lowest BCUT2D eigenvalue weighted by Crippen LogP contribution is -2.24. The Kier molecular flexibility index (Phi) is 3.25. The number of fused-ring (bicyclic) bond motifs is 1. The predicted molar refractivity (Wildman–Crippen MR) is 68.0 cm³/mol. The van der Waals surface area contributed by atoms with Gasteiger partial charge in [-0.15, -0.1) is 0 Å². The van der Waals surface area contributed by atoms with Crippen molar-refractivity contribution in [3.63, 3.8) is 0 Å². The van der Waals surface area contributed by atoms with Crippen LogP contribution in [0.15, 0.2) is 23.2 Å². The van der Waals surface area contributed by atoms with Crippen molar-refractivity contribution in [1.29, 1.82) is 0 Å². The van der Waals surface area contributed by atoms with E-state index in [0.29, 0.717) is 11.8 Å². The van der Waals surface area contributed by atoms with Crippen LogP contribution in [0.1, 0.15) is 25.0 Å². The molecule has 0 bridgehead atoms. The summed E-state index contributed by atoms with van der Waals surface area (Å²) in [6, 6.07) is 6.27. The van der Waals surface area contributed by atoms with E-state index in [9.17, 15) is 0 Å². The van der Waals surface area contributed by atoms with E-state index in [1.54, 1.807) is 0 Å². The molecule has 1 aliphatic heterocycles. The molecule has 1 aliphatic rings. The maximum atomic E-state index is 5.92. The van der Waals surface area contributed by atoms with Gasteiger partial charge >= 0.3 is 0 Å². The summed E-state index contributed by atoms with van der Waals surface area (Å²) in [7, 11) is 0. The second kappa shape index (κ2) is 4.66. The van der Waals surface area contributed by atoms with Crippen molar-refractivity contribution in [2.75, 3.05) is 6.54 Å². The van der Waals surface area contributed by atoms with Crippen LogP contribution in [0.5, 0.6) is 0 Å². The van der Waals surface area contributed by atoms with E-state index in [2.05, 4.69) is 42.4 Å². The van der Waals surface area contributed by atoms with Gasteiger partial charge in [-0.25, -0.2) is 4.99 Å². The third-order valence-corrected chi connectivity index (χ3v) is 2.96. The van der Waals surface area contributed by atoms with Gasteiger partial charge in [-0.05, 0) is 30.2 Å². The van der Waals surface area contributed by atoms with Crippen molar-refractivity contribution < 1.29 is 0 Å². The standard InChI is InChI=1S/C13H19N3/c1-9(2)13(14)16-12-5-3-4-10-8-15-7-6-11(10)12/h3-5,9,15H,6-8H2,1-2H3,(H2,14,16). The Morgan fingerprint density at radius 1 is 1.44 bits per heavy atom. The average molecular weight is 217 g/mol. The van der Waals surface area contributed by atoms with Crippen LogP contribution in [0.2, 0.25) is 0 Å². The molecule has 2 rings (SSSR count). The van der Waals surface area contributed by atoms with Gasteiger partial charge in [0.15, 0.2) is 0 Å². The molecule has 1 aromatic carbocycles. The maximum Gasteiger partial charge on any atom is 0.102 e. The molecule has 0 fully saturated rings. The molecule has 0 unspecified atom stereocenters. The lowest BCUT2D eigenvalue weighted by molar-refractivity contribution is 0.644. The molecule has 3 N–H and O–H groups in total. The highest BCUT2D eigenvalue weighted by atomic mass is 14.9. The second-order valence-electron chi connectivity index (χ2n) is 4.53. The van der Waals surface area contributed by atoms with Gasteiger partial charge < -0.3 is 11.1 Å². The number of rotatable bonds is 2. The zero-order chi connectivity index (χ0) is 11.5. The van der Waals surface area contributed by atoms with Gasteiger partial charge in [0.2, 0.25) is 0 Å². The molecule has 16 heavy (non-hydrogen) atoms. The number of aliphatic imine (C=N–C) groups is 1. The minimum absolute atomic E-state index is 0.303. The predicted octanol–water partition coefficient (Wildman–Crippen LogP) is 1.98. The molecule has 0 aliphatic carbocycles. The highest BCUT2D eigenvalue weighted by Crippen LogP contribution is 2.25. The van der Waals surface area contributed by atoms with Crippen LogP contribution in [0.4, 0.5) is 5.69 Å². The lowest BCUT2D eigenvalue weighted by atomic mass is 9.99. The molecular weight excluding hydrogens is 198 g/mol. The van der Waals surface area contributed by atoms with Gasteiger partial charge in [0, 0.05) is 12.5 Å².